The summed E-state index contributed by atoms with van der Waals surface area (Å²) in [5.41, 5.74) is 16.2. The van der Waals surface area contributed by atoms with Crippen molar-refractivity contribution in [3.63, 3.8) is 0 Å². The zero-order valence-corrected chi connectivity index (χ0v) is 35.3. The Morgan fingerprint density at radius 1 is 0.222 bits per heavy atom. The summed E-state index contributed by atoms with van der Waals surface area (Å²) in [6, 6.07) is 69.5. The molecule has 0 saturated heterocycles. The first-order chi connectivity index (χ1) is 26.4. The van der Waals surface area contributed by atoms with Crippen molar-refractivity contribution in [3.05, 3.63) is 234 Å². The standard InChI is InChI=1S/C50H32Br4/c51-45-13-5-1-9-41(45)33-17-25-37(26-18-33)49(38-27-19-34(20-28-38)42-10-2-6-14-46(42)52)50(39-29-21-35(22-30-39)43-11-3-7-15-47(43)53)40-31-23-36(24-32-40)44-12-4-8-16-48(44)54/h1-32H. The second kappa shape index (κ2) is 16.4. The largest absolute Gasteiger partial charge is 0.0616 e. The lowest BCUT2D eigenvalue weighted by atomic mass is 9.84. The summed E-state index contributed by atoms with van der Waals surface area (Å²) in [5.74, 6) is 0. The predicted octanol–water partition coefficient (Wildman–Crippen LogP) is 16.4. The average Bonchev–Trinajstić information content (AvgIpc) is 3.21. The molecule has 0 amide bonds. The van der Waals surface area contributed by atoms with Crippen LogP contribution in [-0.4, -0.2) is 0 Å². The van der Waals surface area contributed by atoms with E-state index in [-0.39, 0.29) is 0 Å². The fourth-order valence-electron chi connectivity index (χ4n) is 6.96. The van der Waals surface area contributed by atoms with Gasteiger partial charge in [0.1, 0.15) is 0 Å². The zero-order chi connectivity index (χ0) is 37.0. The second-order valence-corrected chi connectivity index (χ2v) is 16.4. The van der Waals surface area contributed by atoms with E-state index >= 15 is 0 Å². The monoisotopic (exact) mass is 948 g/mol. The molecule has 0 N–H and O–H groups in total. The van der Waals surface area contributed by atoms with Crippen molar-refractivity contribution in [3.8, 4) is 44.5 Å². The number of halogens is 4. The summed E-state index contributed by atoms with van der Waals surface area (Å²) in [6.07, 6.45) is 0. The molecule has 0 unspecified atom stereocenters. The van der Waals surface area contributed by atoms with Crippen LogP contribution in [0.5, 0.6) is 0 Å². The molecule has 0 saturated carbocycles. The summed E-state index contributed by atoms with van der Waals surface area (Å²) < 4.78 is 4.30. The Balaban J connectivity index is 1.35. The molecule has 0 heterocycles. The van der Waals surface area contributed by atoms with Gasteiger partial charge in [-0.25, -0.2) is 0 Å². The van der Waals surface area contributed by atoms with Crippen LogP contribution >= 0.6 is 63.7 Å². The molecule has 0 atom stereocenters. The van der Waals surface area contributed by atoms with Crippen molar-refractivity contribution in [1.82, 2.24) is 0 Å². The Labute approximate surface area is 350 Å². The Hall–Kier alpha value is -4.58. The van der Waals surface area contributed by atoms with Crippen molar-refractivity contribution < 1.29 is 0 Å². The summed E-state index contributed by atoms with van der Waals surface area (Å²) in [7, 11) is 0. The van der Waals surface area contributed by atoms with E-state index in [9.17, 15) is 0 Å². The van der Waals surface area contributed by atoms with E-state index in [0.29, 0.717) is 0 Å². The molecule has 0 aliphatic heterocycles. The Kier molecular flexibility index (Phi) is 11.1. The molecule has 0 nitrogen and oxygen atoms in total. The lowest BCUT2D eigenvalue weighted by molar-refractivity contribution is 1.48. The Morgan fingerprint density at radius 2 is 0.407 bits per heavy atom. The normalized spacial score (nSPS) is 11.0. The molecule has 8 aromatic rings. The SMILES string of the molecule is Brc1ccccc1-c1ccc(C(=C(c2ccc(-c3ccccc3Br)cc2)c2ccc(-c3ccccc3Br)cc2)c2ccc(-c3ccccc3Br)cc2)cc1. The van der Waals surface area contributed by atoms with E-state index in [0.717, 1.165) is 95.8 Å². The zero-order valence-electron chi connectivity index (χ0n) is 29.0. The number of hydrogen-bond donors (Lipinski definition) is 0. The minimum atomic E-state index is 1.08. The first-order valence-corrected chi connectivity index (χ1v) is 20.8. The number of hydrogen-bond acceptors (Lipinski definition) is 0. The highest BCUT2D eigenvalue weighted by atomic mass is 79.9. The van der Waals surface area contributed by atoms with Crippen molar-refractivity contribution >= 4 is 74.9 Å². The first-order valence-electron chi connectivity index (χ1n) is 17.6. The third-order valence-electron chi connectivity index (χ3n) is 9.68. The van der Waals surface area contributed by atoms with Crippen molar-refractivity contribution in [2.24, 2.45) is 0 Å². The van der Waals surface area contributed by atoms with Gasteiger partial charge in [-0.05, 0) is 102 Å². The molecule has 0 aromatic heterocycles. The van der Waals surface area contributed by atoms with Gasteiger partial charge in [0.15, 0.2) is 0 Å². The van der Waals surface area contributed by atoms with Crippen molar-refractivity contribution in [2.45, 2.75) is 0 Å². The number of benzene rings is 8. The molecule has 54 heavy (non-hydrogen) atoms. The molecule has 0 bridgehead atoms. The maximum absolute atomic E-state index is 3.77. The van der Waals surface area contributed by atoms with Gasteiger partial charge in [-0.3, -0.25) is 0 Å². The molecule has 0 spiro atoms. The minimum absolute atomic E-state index is 1.08. The molecule has 260 valence electrons. The minimum Gasteiger partial charge on any atom is -0.0616 e. The predicted molar refractivity (Wildman–Crippen MR) is 243 cm³/mol. The van der Waals surface area contributed by atoms with Crippen molar-refractivity contribution in [2.75, 3.05) is 0 Å². The second-order valence-electron chi connectivity index (χ2n) is 13.0. The summed E-state index contributed by atoms with van der Waals surface area (Å²) in [4.78, 5) is 0. The third-order valence-corrected chi connectivity index (χ3v) is 12.4. The van der Waals surface area contributed by atoms with E-state index in [2.05, 4.69) is 258 Å². The van der Waals surface area contributed by atoms with Crippen LogP contribution in [0.25, 0.3) is 55.7 Å². The molecular formula is C50H32Br4. The van der Waals surface area contributed by atoms with E-state index in [1.54, 1.807) is 0 Å². The molecule has 4 heteroatoms. The fraction of sp³-hybridized carbons (Fsp3) is 0. The van der Waals surface area contributed by atoms with Crippen LogP contribution in [0.4, 0.5) is 0 Å². The van der Waals surface area contributed by atoms with Gasteiger partial charge in [0.25, 0.3) is 0 Å². The van der Waals surface area contributed by atoms with Gasteiger partial charge >= 0.3 is 0 Å². The number of rotatable bonds is 8. The van der Waals surface area contributed by atoms with Gasteiger partial charge in [0.2, 0.25) is 0 Å². The fourth-order valence-corrected chi connectivity index (χ4v) is 9.01. The maximum atomic E-state index is 3.77. The van der Waals surface area contributed by atoms with Crippen LogP contribution in [-0.2, 0) is 0 Å². The van der Waals surface area contributed by atoms with E-state index in [1.165, 1.54) is 0 Å². The first kappa shape index (κ1) is 36.4. The highest BCUT2D eigenvalue weighted by molar-refractivity contribution is 9.11. The molecule has 8 rings (SSSR count). The maximum Gasteiger partial charge on any atom is 0.0253 e. The highest BCUT2D eigenvalue weighted by Crippen LogP contribution is 2.41. The summed E-state index contributed by atoms with van der Waals surface area (Å²) >= 11 is 15.1. The molecular weight excluding hydrogens is 920 g/mol. The van der Waals surface area contributed by atoms with Gasteiger partial charge in [0.05, 0.1) is 0 Å². The molecule has 0 aliphatic rings. The van der Waals surface area contributed by atoms with E-state index in [4.69, 9.17) is 0 Å². The highest BCUT2D eigenvalue weighted by Gasteiger charge is 2.18. The van der Waals surface area contributed by atoms with Crippen LogP contribution in [0, 0.1) is 0 Å². The summed E-state index contributed by atoms with van der Waals surface area (Å²) in [5, 5.41) is 0. The molecule has 8 aromatic carbocycles. The third kappa shape index (κ3) is 7.67. The topological polar surface area (TPSA) is 0 Å². The lowest BCUT2D eigenvalue weighted by Crippen LogP contribution is -1.98. The van der Waals surface area contributed by atoms with Crippen molar-refractivity contribution in [1.29, 1.82) is 0 Å². The van der Waals surface area contributed by atoms with Crippen LogP contribution in [0.2, 0.25) is 0 Å². The molecule has 0 radical (unpaired) electrons. The van der Waals surface area contributed by atoms with Gasteiger partial charge < -0.3 is 0 Å². The van der Waals surface area contributed by atoms with Crippen LogP contribution in [0.15, 0.2) is 212 Å². The van der Waals surface area contributed by atoms with Crippen LogP contribution in [0.3, 0.4) is 0 Å². The quantitative estimate of drug-likeness (QED) is 0.133. The van der Waals surface area contributed by atoms with Gasteiger partial charge in [-0.1, -0.05) is 234 Å². The van der Waals surface area contributed by atoms with Crippen LogP contribution < -0.4 is 0 Å². The summed E-state index contributed by atoms with van der Waals surface area (Å²) in [6.45, 7) is 0. The van der Waals surface area contributed by atoms with Crippen LogP contribution in [0.1, 0.15) is 22.3 Å². The molecule has 0 fully saturated rings. The average molecular weight is 952 g/mol. The Morgan fingerprint density at radius 3 is 0.593 bits per heavy atom. The van der Waals surface area contributed by atoms with E-state index < -0.39 is 0 Å². The van der Waals surface area contributed by atoms with Gasteiger partial charge in [-0.15, -0.1) is 0 Å². The smallest absolute Gasteiger partial charge is 0.0253 e. The van der Waals surface area contributed by atoms with Gasteiger partial charge in [0, 0.05) is 17.9 Å². The Bertz CT molecular complexity index is 2240. The lowest BCUT2D eigenvalue weighted by Gasteiger charge is -2.20. The molecule has 0 aliphatic carbocycles. The van der Waals surface area contributed by atoms with E-state index in [1.807, 2.05) is 0 Å². The van der Waals surface area contributed by atoms with Gasteiger partial charge in [-0.2, -0.15) is 0 Å².